The molecule has 4 aromatic rings. The Kier molecular flexibility index (Phi) is 8.69. The molecule has 0 radical (unpaired) electrons. The van der Waals surface area contributed by atoms with E-state index in [1.807, 2.05) is 89.2 Å². The number of aromatic nitrogens is 3. The number of urea groups is 1. The summed E-state index contributed by atoms with van der Waals surface area (Å²) >= 11 is 5.28. The number of nitrogens with zero attached hydrogens (tertiary/aromatic N) is 3. The van der Waals surface area contributed by atoms with Crippen molar-refractivity contribution in [3.8, 4) is 17.1 Å². The van der Waals surface area contributed by atoms with Crippen molar-refractivity contribution in [3.63, 3.8) is 0 Å². The molecule has 0 bridgehead atoms. The largest absolute Gasteiger partial charge is 0.332 e. The van der Waals surface area contributed by atoms with Crippen LogP contribution in [0.4, 0.5) is 16.2 Å². The Morgan fingerprint density at radius 3 is 2.11 bits per heavy atom. The molecular weight excluding hydrogens is 456 g/mol. The summed E-state index contributed by atoms with van der Waals surface area (Å²) in [5, 5.41) is 13.3. The lowest BCUT2D eigenvalue weighted by molar-refractivity contribution is 0.256. The van der Waals surface area contributed by atoms with Crippen LogP contribution < -0.4 is 16.0 Å². The number of carbonyl (C=O) groups is 1. The van der Waals surface area contributed by atoms with Gasteiger partial charge in [-0.05, 0) is 80.5 Å². The minimum Gasteiger partial charge on any atom is -0.332 e. The van der Waals surface area contributed by atoms with Crippen LogP contribution >= 0.6 is 12.2 Å². The number of rotatable bonds is 4. The summed E-state index contributed by atoms with van der Waals surface area (Å²) in [4.78, 5) is 16.7. The maximum absolute atomic E-state index is 12.3. The Morgan fingerprint density at radius 1 is 0.857 bits per heavy atom. The van der Waals surface area contributed by atoms with Crippen LogP contribution in [0.3, 0.4) is 0 Å². The van der Waals surface area contributed by atoms with Gasteiger partial charge in [0.05, 0.1) is 5.69 Å². The van der Waals surface area contributed by atoms with Gasteiger partial charge in [-0.3, -0.25) is 5.32 Å². The second-order valence-electron chi connectivity index (χ2n) is 7.73. The van der Waals surface area contributed by atoms with E-state index in [0.717, 1.165) is 28.1 Å². The van der Waals surface area contributed by atoms with Crippen molar-refractivity contribution in [3.05, 3.63) is 89.7 Å². The highest BCUT2D eigenvalue weighted by Gasteiger charge is 2.10. The smallest absolute Gasteiger partial charge is 0.325 e. The summed E-state index contributed by atoms with van der Waals surface area (Å²) in [5.74, 6) is 0.602. The lowest BCUT2D eigenvalue weighted by Crippen LogP contribution is -2.37. The molecule has 35 heavy (non-hydrogen) atoms. The molecule has 7 nitrogen and oxygen atoms in total. The van der Waals surface area contributed by atoms with Gasteiger partial charge in [0, 0.05) is 16.9 Å². The number of hydrogen-bond acceptors (Lipinski definition) is 4. The van der Waals surface area contributed by atoms with Crippen LogP contribution in [0.1, 0.15) is 30.5 Å². The van der Waals surface area contributed by atoms with Crippen LogP contribution in [0.15, 0.2) is 73.1 Å². The van der Waals surface area contributed by atoms with Gasteiger partial charge in [-0.2, -0.15) is 0 Å². The summed E-state index contributed by atoms with van der Waals surface area (Å²) in [6.07, 6.45) is 1.68. The Labute approximate surface area is 211 Å². The molecule has 0 unspecified atom stereocenters. The molecule has 0 saturated heterocycles. The number of carbonyl (C=O) groups excluding carboxylic acids is 1. The first kappa shape index (κ1) is 25.6. The highest BCUT2D eigenvalue weighted by molar-refractivity contribution is 7.80. The molecule has 0 spiro atoms. The van der Waals surface area contributed by atoms with Crippen LogP contribution in [0.25, 0.3) is 17.1 Å². The van der Waals surface area contributed by atoms with E-state index in [2.05, 4.69) is 26.0 Å². The molecule has 0 aliphatic heterocycles. The predicted molar refractivity (Wildman–Crippen MR) is 147 cm³/mol. The zero-order valence-corrected chi connectivity index (χ0v) is 21.4. The van der Waals surface area contributed by atoms with Gasteiger partial charge in [-0.1, -0.05) is 49.7 Å². The topological polar surface area (TPSA) is 83.9 Å². The quantitative estimate of drug-likeness (QED) is 0.291. The van der Waals surface area contributed by atoms with Crippen molar-refractivity contribution in [2.24, 2.45) is 0 Å². The number of para-hydroxylation sites is 1. The van der Waals surface area contributed by atoms with Crippen LogP contribution in [-0.4, -0.2) is 25.9 Å². The molecular formula is C27H30N6OS. The van der Waals surface area contributed by atoms with Crippen LogP contribution in [0.2, 0.25) is 0 Å². The van der Waals surface area contributed by atoms with Crippen LogP contribution in [-0.2, 0) is 0 Å². The van der Waals surface area contributed by atoms with Gasteiger partial charge in [0.15, 0.2) is 10.9 Å². The van der Waals surface area contributed by atoms with Crippen molar-refractivity contribution in [2.75, 3.05) is 10.6 Å². The zero-order chi connectivity index (χ0) is 25.4. The third kappa shape index (κ3) is 6.74. The first-order valence-corrected chi connectivity index (χ1v) is 11.8. The maximum Gasteiger partial charge on any atom is 0.325 e. The number of hydrogen-bond donors (Lipinski definition) is 3. The fourth-order valence-corrected chi connectivity index (χ4v) is 3.54. The van der Waals surface area contributed by atoms with Gasteiger partial charge in [0.1, 0.15) is 6.33 Å². The Balaban J connectivity index is 0.00000167. The Bertz CT molecular complexity index is 1280. The maximum atomic E-state index is 12.3. The van der Waals surface area contributed by atoms with E-state index in [1.54, 1.807) is 23.1 Å². The lowest BCUT2D eigenvalue weighted by atomic mass is 10.1. The molecule has 0 fully saturated rings. The van der Waals surface area contributed by atoms with Crippen LogP contribution in [0.5, 0.6) is 0 Å². The van der Waals surface area contributed by atoms with E-state index in [0.29, 0.717) is 11.5 Å². The van der Waals surface area contributed by atoms with Gasteiger partial charge in [-0.15, -0.1) is 5.10 Å². The third-order valence-corrected chi connectivity index (χ3v) is 5.34. The van der Waals surface area contributed by atoms with E-state index >= 15 is 0 Å². The van der Waals surface area contributed by atoms with Crippen molar-refractivity contribution in [1.29, 1.82) is 0 Å². The fraction of sp³-hybridized carbons (Fsp3) is 0.185. The van der Waals surface area contributed by atoms with Crippen molar-refractivity contribution >= 4 is 34.7 Å². The molecule has 3 N–H and O–H groups in total. The Hall–Kier alpha value is -4.04. The summed E-state index contributed by atoms with van der Waals surface area (Å²) in [6, 6.07) is 20.9. The number of nitrogens with one attached hydrogen (secondary N) is 3. The van der Waals surface area contributed by atoms with Gasteiger partial charge < -0.3 is 10.6 Å². The SMILES string of the molecule is CC.Cc1ccc(-n2cnc(-c3ccc(NC(=O)NC(=S)Nc4c(C)cccc4C)cc3)n2)cc1. The number of anilines is 2. The summed E-state index contributed by atoms with van der Waals surface area (Å²) < 4.78 is 1.73. The standard InChI is InChI=1S/C25H24N6OS.C2H6/c1-16-7-13-21(14-8-16)31-15-26-23(30-31)19-9-11-20(12-10-19)27-24(32)29-25(33)28-22-17(2)5-4-6-18(22)3;1-2/h4-15H,1-3H3,(H3,27,28,29,32,33);1-2H3. The molecule has 3 aromatic carbocycles. The average Bonchev–Trinajstić information content (AvgIpc) is 3.34. The molecule has 8 heteroatoms. The van der Waals surface area contributed by atoms with Crippen molar-refractivity contribution in [1.82, 2.24) is 20.1 Å². The summed E-state index contributed by atoms with van der Waals surface area (Å²) in [5.41, 5.74) is 6.60. The average molecular weight is 487 g/mol. The van der Waals surface area contributed by atoms with Gasteiger partial charge in [0.25, 0.3) is 0 Å². The minimum atomic E-state index is -0.423. The zero-order valence-electron chi connectivity index (χ0n) is 20.6. The number of benzene rings is 3. The van der Waals surface area contributed by atoms with E-state index in [1.165, 1.54) is 5.56 Å². The van der Waals surface area contributed by atoms with Crippen molar-refractivity contribution in [2.45, 2.75) is 34.6 Å². The molecule has 1 heterocycles. The van der Waals surface area contributed by atoms with Gasteiger partial charge in [-0.25, -0.2) is 14.5 Å². The minimum absolute atomic E-state index is 0.229. The highest BCUT2D eigenvalue weighted by Crippen LogP contribution is 2.20. The first-order valence-electron chi connectivity index (χ1n) is 11.4. The lowest BCUT2D eigenvalue weighted by Gasteiger charge is -2.14. The number of aryl methyl sites for hydroxylation is 3. The number of thiocarbonyl (C=S) groups is 1. The van der Waals surface area contributed by atoms with Crippen LogP contribution in [0, 0.1) is 20.8 Å². The van der Waals surface area contributed by atoms with Gasteiger partial charge in [0.2, 0.25) is 0 Å². The molecule has 0 saturated carbocycles. The predicted octanol–water partition coefficient (Wildman–Crippen LogP) is 6.40. The Morgan fingerprint density at radius 2 is 1.49 bits per heavy atom. The highest BCUT2D eigenvalue weighted by atomic mass is 32.1. The second-order valence-corrected chi connectivity index (χ2v) is 8.13. The second kappa shape index (κ2) is 11.9. The van der Waals surface area contributed by atoms with E-state index in [4.69, 9.17) is 12.2 Å². The fourth-order valence-electron chi connectivity index (χ4n) is 3.34. The van der Waals surface area contributed by atoms with Gasteiger partial charge >= 0.3 is 6.03 Å². The summed E-state index contributed by atoms with van der Waals surface area (Å²) in [7, 11) is 0. The molecule has 0 aliphatic carbocycles. The molecule has 1 aromatic heterocycles. The van der Waals surface area contributed by atoms with E-state index in [9.17, 15) is 4.79 Å². The third-order valence-electron chi connectivity index (χ3n) is 5.14. The molecule has 0 atom stereocenters. The van der Waals surface area contributed by atoms with E-state index in [-0.39, 0.29) is 5.11 Å². The van der Waals surface area contributed by atoms with E-state index < -0.39 is 6.03 Å². The monoisotopic (exact) mass is 486 g/mol. The number of amides is 2. The molecule has 2 amide bonds. The normalized spacial score (nSPS) is 10.1. The molecule has 4 rings (SSSR count). The van der Waals surface area contributed by atoms with Crippen molar-refractivity contribution < 1.29 is 4.79 Å². The molecule has 0 aliphatic rings. The molecule has 180 valence electrons. The first-order chi connectivity index (χ1) is 16.9. The summed E-state index contributed by atoms with van der Waals surface area (Å²) in [6.45, 7) is 10.0.